The highest BCUT2D eigenvalue weighted by atomic mass is 32.2. The van der Waals surface area contributed by atoms with Gasteiger partial charge in [-0.1, -0.05) is 6.92 Å². The van der Waals surface area contributed by atoms with E-state index in [1.54, 1.807) is 12.1 Å². The van der Waals surface area contributed by atoms with Gasteiger partial charge >= 0.3 is 0 Å². The summed E-state index contributed by atoms with van der Waals surface area (Å²) in [6, 6.07) is 5.24. The highest BCUT2D eigenvalue weighted by Gasteiger charge is 2.21. The number of thioether (sulfide) groups is 1. The number of hydrogen-bond donors (Lipinski definition) is 0. The van der Waals surface area contributed by atoms with Gasteiger partial charge in [0.25, 0.3) is 5.03 Å². The Bertz CT molecular complexity index is 425. The number of carbonyl (C=O) groups is 1. The third kappa shape index (κ3) is 3.38. The van der Waals surface area contributed by atoms with Crippen LogP contribution in [0.5, 0.6) is 0 Å². The second kappa shape index (κ2) is 6.09. The number of nitrogens with zero attached hydrogens (tertiary/aromatic N) is 2. The van der Waals surface area contributed by atoms with Crippen molar-refractivity contribution in [2.45, 2.75) is 24.8 Å². The predicted octanol–water partition coefficient (Wildman–Crippen LogP) is 1.67. The predicted molar refractivity (Wildman–Crippen MR) is 71.1 cm³/mol. The highest BCUT2D eigenvalue weighted by Crippen LogP contribution is 2.18. The molecule has 1 amide bonds. The molecule has 1 fully saturated rings. The van der Waals surface area contributed by atoms with Crippen molar-refractivity contribution >= 4 is 17.7 Å². The van der Waals surface area contributed by atoms with Crippen LogP contribution in [0.1, 0.15) is 19.8 Å². The van der Waals surface area contributed by atoms with E-state index in [1.807, 2.05) is 11.0 Å². The average Bonchev–Trinajstić information content (AvgIpc) is 2.37. The van der Waals surface area contributed by atoms with Gasteiger partial charge in [-0.05, 0) is 36.6 Å². The lowest BCUT2D eigenvalue weighted by Crippen LogP contribution is -2.40. The van der Waals surface area contributed by atoms with Gasteiger partial charge < -0.3 is 10.1 Å². The van der Waals surface area contributed by atoms with Crippen LogP contribution < -0.4 is 4.73 Å². The number of likely N-dealkylation sites (tertiary alicyclic amines) is 1. The van der Waals surface area contributed by atoms with Crippen LogP contribution in [0.25, 0.3) is 0 Å². The fourth-order valence-electron chi connectivity index (χ4n) is 2.17. The van der Waals surface area contributed by atoms with E-state index in [0.29, 0.717) is 16.7 Å². The minimum atomic E-state index is 0.135. The molecule has 0 N–H and O–H groups in total. The molecule has 1 unspecified atom stereocenters. The molecule has 0 aliphatic carbocycles. The molecule has 1 atom stereocenters. The van der Waals surface area contributed by atoms with Gasteiger partial charge in [-0.25, -0.2) is 0 Å². The smallest absolute Gasteiger partial charge is 0.251 e. The van der Waals surface area contributed by atoms with Crippen LogP contribution in [0.15, 0.2) is 29.4 Å². The van der Waals surface area contributed by atoms with Gasteiger partial charge in [0.05, 0.1) is 5.75 Å². The van der Waals surface area contributed by atoms with Gasteiger partial charge in [0, 0.05) is 25.2 Å². The van der Waals surface area contributed by atoms with Crippen molar-refractivity contribution in [3.63, 3.8) is 0 Å². The topological polar surface area (TPSA) is 47.2 Å². The number of rotatable bonds is 3. The lowest BCUT2D eigenvalue weighted by atomic mass is 10.0. The van der Waals surface area contributed by atoms with Crippen LogP contribution in [0.4, 0.5) is 0 Å². The van der Waals surface area contributed by atoms with E-state index >= 15 is 0 Å². The zero-order chi connectivity index (χ0) is 13.0. The Kier molecular flexibility index (Phi) is 4.47. The number of piperidine rings is 1. The van der Waals surface area contributed by atoms with Gasteiger partial charge in [-0.2, -0.15) is 4.73 Å². The summed E-state index contributed by atoms with van der Waals surface area (Å²) in [5.74, 6) is 1.07. The summed E-state index contributed by atoms with van der Waals surface area (Å²) in [6.45, 7) is 3.89. The maximum absolute atomic E-state index is 12.0. The van der Waals surface area contributed by atoms with E-state index in [9.17, 15) is 10.0 Å². The van der Waals surface area contributed by atoms with Crippen molar-refractivity contribution in [1.82, 2.24) is 4.90 Å². The minimum absolute atomic E-state index is 0.135. The van der Waals surface area contributed by atoms with E-state index in [0.717, 1.165) is 24.2 Å². The Hall–Kier alpha value is -1.23. The lowest BCUT2D eigenvalue weighted by molar-refractivity contribution is -0.645. The standard InChI is InChI=1S/C13H18N2O2S/c1-11-5-4-7-14(9-11)12(16)10-18-13-6-2-3-8-15(13)17/h2-3,6,8,11H,4-5,7,9-10H2,1H3. The van der Waals surface area contributed by atoms with Crippen LogP contribution in [-0.2, 0) is 4.79 Å². The van der Waals surface area contributed by atoms with Gasteiger partial charge in [0.2, 0.25) is 5.91 Å². The third-order valence-electron chi connectivity index (χ3n) is 3.14. The summed E-state index contributed by atoms with van der Waals surface area (Å²) < 4.78 is 0.802. The fourth-order valence-corrected chi connectivity index (χ4v) is 2.98. The fraction of sp³-hybridized carbons (Fsp3) is 0.538. The van der Waals surface area contributed by atoms with Crippen molar-refractivity contribution in [2.75, 3.05) is 18.8 Å². The molecule has 0 spiro atoms. The first-order valence-corrected chi connectivity index (χ1v) is 7.24. The van der Waals surface area contributed by atoms with Crippen molar-refractivity contribution in [2.24, 2.45) is 5.92 Å². The summed E-state index contributed by atoms with van der Waals surface area (Å²) in [6.07, 6.45) is 3.75. The Morgan fingerprint density at radius 1 is 1.61 bits per heavy atom. The Balaban J connectivity index is 1.86. The molecule has 5 heteroatoms. The molecule has 1 aliphatic heterocycles. The second-order valence-corrected chi connectivity index (χ2v) is 5.74. The van der Waals surface area contributed by atoms with Gasteiger partial charge in [0.15, 0.2) is 6.20 Å². The van der Waals surface area contributed by atoms with Crippen LogP contribution in [-0.4, -0.2) is 29.6 Å². The number of carbonyl (C=O) groups excluding carboxylic acids is 1. The first kappa shape index (κ1) is 13.2. The Morgan fingerprint density at radius 2 is 2.44 bits per heavy atom. The molecule has 4 nitrogen and oxygen atoms in total. The highest BCUT2D eigenvalue weighted by molar-refractivity contribution is 7.99. The van der Waals surface area contributed by atoms with Crippen LogP contribution >= 0.6 is 11.8 Å². The molecule has 18 heavy (non-hydrogen) atoms. The van der Waals surface area contributed by atoms with E-state index in [-0.39, 0.29) is 5.91 Å². The van der Waals surface area contributed by atoms with Gasteiger partial charge in [0.1, 0.15) is 0 Å². The van der Waals surface area contributed by atoms with Crippen molar-refractivity contribution in [3.05, 3.63) is 29.6 Å². The number of aromatic nitrogens is 1. The van der Waals surface area contributed by atoms with Crippen molar-refractivity contribution in [3.8, 4) is 0 Å². The molecular weight excluding hydrogens is 248 g/mol. The van der Waals surface area contributed by atoms with Crippen molar-refractivity contribution < 1.29 is 9.52 Å². The van der Waals surface area contributed by atoms with Crippen LogP contribution in [0.3, 0.4) is 0 Å². The molecular formula is C13H18N2O2S. The van der Waals surface area contributed by atoms with Crippen molar-refractivity contribution in [1.29, 1.82) is 0 Å². The maximum atomic E-state index is 12.0. The van der Waals surface area contributed by atoms with E-state index in [1.165, 1.54) is 24.4 Å². The van der Waals surface area contributed by atoms with Crippen LogP contribution in [0.2, 0.25) is 0 Å². The minimum Gasteiger partial charge on any atom is -0.618 e. The molecule has 1 aromatic heterocycles. The first-order chi connectivity index (χ1) is 8.66. The molecule has 1 aliphatic rings. The summed E-state index contributed by atoms with van der Waals surface area (Å²) in [4.78, 5) is 13.9. The SMILES string of the molecule is CC1CCCN(C(=O)CSc2cccc[n+]2[O-])C1. The average molecular weight is 266 g/mol. The Labute approximate surface area is 112 Å². The summed E-state index contributed by atoms with van der Waals surface area (Å²) >= 11 is 1.31. The molecule has 98 valence electrons. The van der Waals surface area contributed by atoms with Gasteiger partial charge in [-0.15, -0.1) is 0 Å². The molecule has 0 bridgehead atoms. The lowest BCUT2D eigenvalue weighted by Gasteiger charge is -2.30. The number of pyridine rings is 1. The Morgan fingerprint density at radius 3 is 3.17 bits per heavy atom. The molecule has 0 saturated carbocycles. The third-order valence-corrected chi connectivity index (χ3v) is 4.14. The largest absolute Gasteiger partial charge is 0.618 e. The normalized spacial score (nSPS) is 19.8. The number of hydrogen-bond acceptors (Lipinski definition) is 3. The molecule has 0 radical (unpaired) electrons. The summed E-state index contributed by atoms with van der Waals surface area (Å²) in [5.41, 5.74) is 0. The van der Waals surface area contributed by atoms with Crippen LogP contribution in [0, 0.1) is 11.1 Å². The molecule has 2 rings (SSSR count). The van der Waals surface area contributed by atoms with Gasteiger partial charge in [-0.3, -0.25) is 4.79 Å². The molecule has 0 aromatic carbocycles. The monoisotopic (exact) mass is 266 g/mol. The first-order valence-electron chi connectivity index (χ1n) is 6.25. The molecule has 1 saturated heterocycles. The zero-order valence-electron chi connectivity index (χ0n) is 10.5. The second-order valence-electron chi connectivity index (χ2n) is 4.74. The van der Waals surface area contributed by atoms with E-state index < -0.39 is 0 Å². The molecule has 1 aromatic rings. The number of amides is 1. The summed E-state index contributed by atoms with van der Waals surface area (Å²) in [5, 5.41) is 12.0. The quantitative estimate of drug-likeness (QED) is 0.475. The summed E-state index contributed by atoms with van der Waals surface area (Å²) in [7, 11) is 0. The van der Waals surface area contributed by atoms with E-state index in [4.69, 9.17) is 0 Å². The maximum Gasteiger partial charge on any atom is 0.251 e. The zero-order valence-corrected chi connectivity index (χ0v) is 11.4. The van der Waals surface area contributed by atoms with E-state index in [2.05, 4.69) is 6.92 Å². The molecule has 2 heterocycles.